The minimum absolute atomic E-state index is 0.0291. The van der Waals surface area contributed by atoms with Gasteiger partial charge in [-0.1, -0.05) is 49.4 Å². The molecule has 0 fully saturated rings. The third-order valence-electron chi connectivity index (χ3n) is 3.25. The molecule has 0 aliphatic carbocycles. The first kappa shape index (κ1) is 15.5. The summed E-state index contributed by atoms with van der Waals surface area (Å²) in [5.74, 6) is -0.0291. The third-order valence-corrected chi connectivity index (χ3v) is 5.12. The summed E-state index contributed by atoms with van der Waals surface area (Å²) >= 11 is 0. The normalized spacial score (nSPS) is 11.7. The van der Waals surface area contributed by atoms with E-state index in [1.54, 1.807) is 24.3 Å². The lowest BCUT2D eigenvalue weighted by Gasteiger charge is -2.20. The molecule has 112 valence electrons. The highest BCUT2D eigenvalue weighted by molar-refractivity contribution is 7.88. The lowest BCUT2D eigenvalue weighted by molar-refractivity contribution is 0.423. The molecule has 2 aromatic rings. The maximum absolute atomic E-state index is 12.5. The van der Waals surface area contributed by atoms with E-state index in [0.29, 0.717) is 24.3 Å². The summed E-state index contributed by atoms with van der Waals surface area (Å²) in [4.78, 5) is 0. The number of rotatable bonds is 6. The van der Waals surface area contributed by atoms with Crippen molar-refractivity contribution in [2.45, 2.75) is 19.2 Å². The maximum Gasteiger partial charge on any atom is 0.218 e. The van der Waals surface area contributed by atoms with Crippen molar-refractivity contribution in [2.75, 3.05) is 12.3 Å². The molecular formula is C16H20N2O2S. The van der Waals surface area contributed by atoms with E-state index in [1.807, 2.05) is 37.3 Å². The second-order valence-electron chi connectivity index (χ2n) is 4.91. The number of nitrogens with two attached hydrogens (primary N) is 1. The van der Waals surface area contributed by atoms with Crippen LogP contribution in [0.25, 0.3) is 0 Å². The quantitative estimate of drug-likeness (QED) is 0.834. The summed E-state index contributed by atoms with van der Waals surface area (Å²) in [5.41, 5.74) is 7.97. The van der Waals surface area contributed by atoms with Crippen LogP contribution in [0.15, 0.2) is 54.6 Å². The predicted molar refractivity (Wildman–Crippen MR) is 86.0 cm³/mol. The second kappa shape index (κ2) is 6.74. The molecule has 0 spiro atoms. The van der Waals surface area contributed by atoms with E-state index >= 15 is 0 Å². The Hall–Kier alpha value is -1.85. The van der Waals surface area contributed by atoms with Crippen molar-refractivity contribution in [3.05, 3.63) is 65.7 Å². The first-order valence-corrected chi connectivity index (χ1v) is 8.48. The first-order chi connectivity index (χ1) is 10.0. The lowest BCUT2D eigenvalue weighted by Crippen LogP contribution is -2.31. The van der Waals surface area contributed by atoms with E-state index in [1.165, 1.54) is 4.31 Å². The highest BCUT2D eigenvalue weighted by atomic mass is 32.2. The molecule has 2 rings (SSSR count). The van der Waals surface area contributed by atoms with Gasteiger partial charge in [0.1, 0.15) is 0 Å². The molecule has 0 unspecified atom stereocenters. The largest absolute Gasteiger partial charge is 0.399 e. The summed E-state index contributed by atoms with van der Waals surface area (Å²) in [7, 11) is -3.36. The van der Waals surface area contributed by atoms with Gasteiger partial charge in [0.05, 0.1) is 5.75 Å². The van der Waals surface area contributed by atoms with Gasteiger partial charge < -0.3 is 5.73 Å². The number of anilines is 1. The van der Waals surface area contributed by atoms with E-state index in [4.69, 9.17) is 5.73 Å². The number of hydrogen-bond acceptors (Lipinski definition) is 3. The van der Waals surface area contributed by atoms with Gasteiger partial charge >= 0.3 is 0 Å². The summed E-state index contributed by atoms with van der Waals surface area (Å²) in [6.45, 7) is 2.68. The van der Waals surface area contributed by atoms with Gasteiger partial charge in [-0.2, -0.15) is 4.31 Å². The van der Waals surface area contributed by atoms with Gasteiger partial charge in [-0.25, -0.2) is 8.42 Å². The average molecular weight is 304 g/mol. The molecule has 0 aromatic heterocycles. The number of nitrogen functional groups attached to an aromatic ring is 1. The van der Waals surface area contributed by atoms with E-state index in [-0.39, 0.29) is 5.75 Å². The van der Waals surface area contributed by atoms with Crippen LogP contribution in [0.1, 0.15) is 18.1 Å². The minimum Gasteiger partial charge on any atom is -0.399 e. The van der Waals surface area contributed by atoms with Crippen molar-refractivity contribution in [2.24, 2.45) is 0 Å². The molecule has 0 radical (unpaired) electrons. The van der Waals surface area contributed by atoms with E-state index in [9.17, 15) is 8.42 Å². The predicted octanol–water partition coefficient (Wildman–Crippen LogP) is 2.62. The van der Waals surface area contributed by atoms with E-state index < -0.39 is 10.0 Å². The van der Waals surface area contributed by atoms with Crippen molar-refractivity contribution in [3.63, 3.8) is 0 Å². The average Bonchev–Trinajstić information content (AvgIpc) is 2.45. The Morgan fingerprint density at radius 1 is 1.00 bits per heavy atom. The topological polar surface area (TPSA) is 63.4 Å². The molecule has 0 saturated heterocycles. The Morgan fingerprint density at radius 3 is 2.29 bits per heavy atom. The molecule has 0 aliphatic heterocycles. The van der Waals surface area contributed by atoms with Crippen molar-refractivity contribution < 1.29 is 8.42 Å². The molecule has 0 atom stereocenters. The summed E-state index contributed by atoms with van der Waals surface area (Å²) in [6, 6.07) is 16.6. The molecule has 21 heavy (non-hydrogen) atoms. The van der Waals surface area contributed by atoms with Gasteiger partial charge in [0, 0.05) is 18.8 Å². The Kier molecular flexibility index (Phi) is 4.98. The Bertz CT molecular complexity index is 684. The van der Waals surface area contributed by atoms with Gasteiger partial charge in [0.15, 0.2) is 0 Å². The SMILES string of the molecule is CCN(Cc1ccccc1)S(=O)(=O)Cc1cccc(N)c1. The second-order valence-corrected chi connectivity index (χ2v) is 6.88. The van der Waals surface area contributed by atoms with Crippen LogP contribution < -0.4 is 5.73 Å². The molecule has 2 aromatic carbocycles. The number of sulfonamides is 1. The fourth-order valence-electron chi connectivity index (χ4n) is 2.18. The van der Waals surface area contributed by atoms with Crippen LogP contribution in [0.5, 0.6) is 0 Å². The molecule has 0 amide bonds. The van der Waals surface area contributed by atoms with Crippen LogP contribution in [0, 0.1) is 0 Å². The molecule has 5 heteroatoms. The summed E-state index contributed by atoms with van der Waals surface area (Å²) in [6.07, 6.45) is 0. The van der Waals surface area contributed by atoms with Gasteiger partial charge in [-0.3, -0.25) is 0 Å². The fourth-order valence-corrected chi connectivity index (χ4v) is 3.70. The van der Waals surface area contributed by atoms with Crippen LogP contribution in [-0.4, -0.2) is 19.3 Å². The zero-order chi connectivity index (χ0) is 15.3. The Labute approximate surface area is 126 Å². The highest BCUT2D eigenvalue weighted by Crippen LogP contribution is 2.16. The number of benzene rings is 2. The standard InChI is InChI=1S/C16H20N2O2S/c1-2-18(12-14-7-4-3-5-8-14)21(19,20)13-15-9-6-10-16(17)11-15/h3-11H,2,12-13,17H2,1H3. The number of nitrogens with zero attached hydrogens (tertiary/aromatic N) is 1. The van der Waals surface area contributed by atoms with Crippen LogP contribution >= 0.6 is 0 Å². The molecular weight excluding hydrogens is 284 g/mol. The van der Waals surface area contributed by atoms with Gasteiger partial charge in [-0.15, -0.1) is 0 Å². The van der Waals surface area contributed by atoms with Gasteiger partial charge in [0.2, 0.25) is 10.0 Å². The molecule has 2 N–H and O–H groups in total. The third kappa shape index (κ3) is 4.31. The van der Waals surface area contributed by atoms with Crippen molar-refractivity contribution in [3.8, 4) is 0 Å². The lowest BCUT2D eigenvalue weighted by atomic mass is 10.2. The Balaban J connectivity index is 2.16. The minimum atomic E-state index is -3.36. The van der Waals surface area contributed by atoms with E-state index in [0.717, 1.165) is 5.56 Å². The van der Waals surface area contributed by atoms with Crippen LogP contribution in [0.3, 0.4) is 0 Å². The molecule has 0 aliphatic rings. The van der Waals surface area contributed by atoms with Crippen molar-refractivity contribution in [1.82, 2.24) is 4.31 Å². The van der Waals surface area contributed by atoms with Crippen LogP contribution in [0.4, 0.5) is 5.69 Å². The maximum atomic E-state index is 12.5. The smallest absolute Gasteiger partial charge is 0.218 e. The van der Waals surface area contributed by atoms with Gasteiger partial charge in [-0.05, 0) is 23.3 Å². The first-order valence-electron chi connectivity index (χ1n) is 6.87. The zero-order valence-corrected chi connectivity index (χ0v) is 12.9. The van der Waals surface area contributed by atoms with Crippen molar-refractivity contribution >= 4 is 15.7 Å². The highest BCUT2D eigenvalue weighted by Gasteiger charge is 2.21. The Morgan fingerprint density at radius 2 is 1.67 bits per heavy atom. The van der Waals surface area contributed by atoms with Crippen molar-refractivity contribution in [1.29, 1.82) is 0 Å². The monoisotopic (exact) mass is 304 g/mol. The molecule has 0 bridgehead atoms. The zero-order valence-electron chi connectivity index (χ0n) is 12.1. The molecule has 4 nitrogen and oxygen atoms in total. The van der Waals surface area contributed by atoms with Crippen LogP contribution in [-0.2, 0) is 22.3 Å². The summed E-state index contributed by atoms with van der Waals surface area (Å²) < 4.78 is 26.6. The summed E-state index contributed by atoms with van der Waals surface area (Å²) in [5, 5.41) is 0. The molecule has 0 saturated carbocycles. The number of hydrogen-bond donors (Lipinski definition) is 1. The van der Waals surface area contributed by atoms with Gasteiger partial charge in [0.25, 0.3) is 0 Å². The fraction of sp³-hybridized carbons (Fsp3) is 0.250. The van der Waals surface area contributed by atoms with Crippen LogP contribution in [0.2, 0.25) is 0 Å². The molecule has 0 heterocycles. The van der Waals surface area contributed by atoms with E-state index in [2.05, 4.69) is 0 Å².